The van der Waals surface area contributed by atoms with Gasteiger partial charge >= 0.3 is 107 Å². The van der Waals surface area contributed by atoms with Crippen molar-refractivity contribution in [3.63, 3.8) is 0 Å². The van der Waals surface area contributed by atoms with E-state index in [1.54, 1.807) is 0 Å². The molecule has 0 atom stereocenters. The van der Waals surface area contributed by atoms with Crippen molar-refractivity contribution in [2.75, 3.05) is 0 Å². The molecule has 74 valence electrons. The van der Waals surface area contributed by atoms with E-state index >= 15 is 0 Å². The van der Waals surface area contributed by atoms with Crippen LogP contribution in [-0.2, 0) is 35.1 Å². The van der Waals surface area contributed by atoms with E-state index in [1.807, 2.05) is 0 Å². The van der Waals surface area contributed by atoms with Crippen molar-refractivity contribution in [1.82, 2.24) is 6.25 Å². The Kier molecular flexibility index (Phi) is 4.99. The van der Waals surface area contributed by atoms with E-state index in [0.29, 0.717) is 0 Å². The summed E-state index contributed by atoms with van der Waals surface area (Å²) in [7, 11) is 4.11. The first-order valence-corrected chi connectivity index (χ1v) is 12.6. The van der Waals surface area contributed by atoms with Gasteiger partial charge in [0.15, 0.2) is 0 Å². The molecule has 0 amide bonds. The fourth-order valence-corrected chi connectivity index (χ4v) is 14.7. The van der Waals surface area contributed by atoms with Crippen LogP contribution in [0.5, 0.6) is 0 Å². The van der Waals surface area contributed by atoms with Crippen molar-refractivity contribution < 1.29 is 35.1 Å². The number of hydrogen-bond acceptors (Lipinski definition) is 2. The normalized spacial score (nSPS) is 10.6. The molecule has 0 bridgehead atoms. The van der Waals surface area contributed by atoms with Gasteiger partial charge in [-0.15, -0.1) is 0 Å². The van der Waals surface area contributed by atoms with Gasteiger partial charge in [-0.2, -0.15) is 0 Å². The minimum absolute atomic E-state index is 0.0764. The zero-order valence-electron chi connectivity index (χ0n) is 7.15. The van der Waals surface area contributed by atoms with Gasteiger partial charge in [-0.05, 0) is 0 Å². The number of nitrogens with zero attached hydrogens (tertiary/aromatic N) is 2. The van der Waals surface area contributed by atoms with Crippen LogP contribution in [-0.4, -0.2) is 6.25 Å². The molecular formula is C8H8Mo2N2S2. The van der Waals surface area contributed by atoms with Gasteiger partial charge in [0.1, 0.15) is 0 Å². The van der Waals surface area contributed by atoms with Gasteiger partial charge in [0.25, 0.3) is 0 Å². The monoisotopic (exact) mass is 392 g/mol. The molecule has 0 aliphatic rings. The first-order valence-electron chi connectivity index (χ1n) is 3.90. The first kappa shape index (κ1) is 11.1. The van der Waals surface area contributed by atoms with Crippen LogP contribution in [0.25, 0.3) is 0 Å². The summed E-state index contributed by atoms with van der Waals surface area (Å²) >= 11 is -0.153. The van der Waals surface area contributed by atoms with Crippen molar-refractivity contribution >= 4 is 17.0 Å². The topological polar surface area (TPSA) is 9.86 Å². The Morgan fingerprint density at radius 3 is 1.36 bits per heavy atom. The summed E-state index contributed by atoms with van der Waals surface area (Å²) in [5.41, 5.74) is 0. The second kappa shape index (κ2) is 6.27. The minimum atomic E-state index is -0.0764. The van der Waals surface area contributed by atoms with Gasteiger partial charge in [-0.1, -0.05) is 0 Å². The second-order valence-corrected chi connectivity index (χ2v) is 14.1. The molecule has 0 saturated heterocycles. The quantitative estimate of drug-likeness (QED) is 0.443. The summed E-state index contributed by atoms with van der Waals surface area (Å²) in [6.07, 6.45) is 8.64. The summed E-state index contributed by atoms with van der Waals surface area (Å²) in [6, 6.07) is 8.38. The molecule has 0 unspecified atom stereocenters. The molecule has 2 nitrogen and oxygen atoms in total. The maximum atomic E-state index is 2.32. The molecule has 0 N–H and O–H groups in total. The summed E-state index contributed by atoms with van der Waals surface area (Å²) < 4.78 is 4.65. The molecule has 0 aromatic carbocycles. The van der Waals surface area contributed by atoms with Crippen molar-refractivity contribution in [3.05, 3.63) is 49.1 Å². The van der Waals surface area contributed by atoms with Crippen molar-refractivity contribution in [1.29, 1.82) is 0 Å². The third-order valence-electron chi connectivity index (χ3n) is 1.41. The molecule has 2 aromatic heterocycles. The SMILES string of the molecule is c1cc[n]([Mo][S][S][Mo][n]2cccc2)c1. The van der Waals surface area contributed by atoms with E-state index in [4.69, 9.17) is 0 Å². The van der Waals surface area contributed by atoms with Crippen molar-refractivity contribution in [2.24, 2.45) is 0 Å². The van der Waals surface area contributed by atoms with Crippen molar-refractivity contribution in [2.45, 2.75) is 0 Å². The van der Waals surface area contributed by atoms with Gasteiger partial charge in [0, 0.05) is 0 Å². The number of rotatable bonds is 5. The van der Waals surface area contributed by atoms with Crippen molar-refractivity contribution in [3.8, 4) is 0 Å². The molecule has 2 aromatic rings. The van der Waals surface area contributed by atoms with Crippen LogP contribution in [0.15, 0.2) is 49.1 Å². The van der Waals surface area contributed by atoms with Crippen LogP contribution in [0, 0.1) is 0 Å². The van der Waals surface area contributed by atoms with Crippen LogP contribution in [0.3, 0.4) is 0 Å². The molecule has 0 saturated carbocycles. The maximum absolute atomic E-state index is 2.32. The van der Waals surface area contributed by atoms with E-state index in [1.165, 1.54) is 0 Å². The Labute approximate surface area is 106 Å². The predicted molar refractivity (Wildman–Crippen MR) is 54.8 cm³/mol. The van der Waals surface area contributed by atoms with Gasteiger partial charge in [0.2, 0.25) is 0 Å². The summed E-state index contributed by atoms with van der Waals surface area (Å²) in [5.74, 6) is 0. The average Bonchev–Trinajstić information content (AvgIpc) is 2.86. The van der Waals surface area contributed by atoms with Crippen LogP contribution in [0.2, 0.25) is 0 Å². The van der Waals surface area contributed by atoms with Crippen LogP contribution in [0.4, 0.5) is 0 Å². The predicted octanol–water partition coefficient (Wildman–Crippen LogP) is 2.89. The Morgan fingerprint density at radius 1 is 0.643 bits per heavy atom. The average molecular weight is 388 g/mol. The van der Waals surface area contributed by atoms with Crippen LogP contribution < -0.4 is 0 Å². The zero-order valence-corrected chi connectivity index (χ0v) is 12.8. The fraction of sp³-hybridized carbons (Fsp3) is 0. The van der Waals surface area contributed by atoms with Gasteiger partial charge < -0.3 is 0 Å². The zero-order chi connectivity index (χ0) is 9.64. The molecule has 0 fully saturated rings. The molecule has 14 heavy (non-hydrogen) atoms. The Bertz CT molecular complexity index is 311. The molecule has 0 radical (unpaired) electrons. The van der Waals surface area contributed by atoms with Gasteiger partial charge in [-0.25, -0.2) is 0 Å². The number of aromatic nitrogens is 2. The molecule has 6 heteroatoms. The van der Waals surface area contributed by atoms with E-state index in [2.05, 4.69) is 72.3 Å². The first-order chi connectivity index (χ1) is 6.95. The molecule has 2 rings (SSSR count). The van der Waals surface area contributed by atoms with Crippen LogP contribution in [0.1, 0.15) is 0 Å². The third kappa shape index (κ3) is 3.66. The molecule has 0 aliphatic carbocycles. The molecular weight excluding hydrogens is 380 g/mol. The molecule has 0 spiro atoms. The summed E-state index contributed by atoms with van der Waals surface area (Å²) in [5, 5.41) is 0. The number of hydrogen-bond donors (Lipinski definition) is 0. The Hall–Kier alpha value is 0.637. The van der Waals surface area contributed by atoms with E-state index in [-0.39, 0.29) is 35.1 Å². The Morgan fingerprint density at radius 2 is 1.00 bits per heavy atom. The molecule has 0 aliphatic heterocycles. The van der Waals surface area contributed by atoms with E-state index < -0.39 is 0 Å². The van der Waals surface area contributed by atoms with Crippen LogP contribution >= 0.6 is 17.0 Å². The standard InChI is InChI=1S/2C4H4N.2Mo.S2/c2*1-2-4-5-3-1;;;1-2/h2*1-4H;;;/q2*-1;2*+2;-2. The Balaban J connectivity index is 1.65. The van der Waals surface area contributed by atoms with Gasteiger partial charge in [0.05, 0.1) is 0 Å². The second-order valence-electron chi connectivity index (χ2n) is 2.37. The fourth-order valence-electron chi connectivity index (χ4n) is 0.832. The van der Waals surface area contributed by atoms with Gasteiger partial charge in [-0.3, -0.25) is 0 Å². The van der Waals surface area contributed by atoms with E-state index in [0.717, 1.165) is 0 Å². The van der Waals surface area contributed by atoms with E-state index in [9.17, 15) is 0 Å². The summed E-state index contributed by atoms with van der Waals surface area (Å²) in [4.78, 5) is 0. The summed E-state index contributed by atoms with van der Waals surface area (Å²) in [6.45, 7) is 0. The third-order valence-corrected chi connectivity index (χ3v) is 17.4. The molecule has 2 heterocycles.